The van der Waals surface area contributed by atoms with Crippen LogP contribution in [0.3, 0.4) is 0 Å². The monoisotopic (exact) mass is 307 g/mol. The molecule has 0 aromatic carbocycles. The number of hydrogen-bond donors (Lipinski definition) is 1. The van der Waals surface area contributed by atoms with Crippen LogP contribution in [0, 0.1) is 10.1 Å². The summed E-state index contributed by atoms with van der Waals surface area (Å²) in [6.07, 6.45) is 0.724. The molecule has 0 aliphatic carbocycles. The van der Waals surface area contributed by atoms with E-state index in [0.717, 1.165) is 28.0 Å². The van der Waals surface area contributed by atoms with Crippen molar-refractivity contribution in [1.82, 2.24) is 14.6 Å². The first-order valence-electron chi connectivity index (χ1n) is 5.94. The predicted molar refractivity (Wildman–Crippen MR) is 75.3 cm³/mol. The van der Waals surface area contributed by atoms with E-state index in [1.54, 1.807) is 12.1 Å². The van der Waals surface area contributed by atoms with Crippen LogP contribution >= 0.6 is 11.3 Å². The maximum Gasteiger partial charge on any atom is 0.377 e. The lowest BCUT2D eigenvalue weighted by Gasteiger charge is -1.94. The summed E-state index contributed by atoms with van der Waals surface area (Å²) >= 11 is 1.07. The minimum absolute atomic E-state index is 0.174. The van der Waals surface area contributed by atoms with E-state index in [2.05, 4.69) is 10.1 Å². The molecule has 10 heteroatoms. The summed E-state index contributed by atoms with van der Waals surface area (Å²) in [5.41, 5.74) is 3.76. The van der Waals surface area contributed by atoms with E-state index in [9.17, 15) is 14.9 Å². The van der Waals surface area contributed by atoms with Gasteiger partial charge >= 0.3 is 11.2 Å². The van der Waals surface area contributed by atoms with Crippen molar-refractivity contribution < 1.29 is 9.34 Å². The smallest absolute Gasteiger partial charge is 0.377 e. The van der Waals surface area contributed by atoms with Gasteiger partial charge in [-0.2, -0.15) is 9.50 Å². The van der Waals surface area contributed by atoms with Gasteiger partial charge in [0.25, 0.3) is 0 Å². The molecule has 0 spiro atoms. The van der Waals surface area contributed by atoms with Gasteiger partial charge in [0.05, 0.1) is 4.92 Å². The maximum atomic E-state index is 12.0. The van der Waals surface area contributed by atoms with E-state index in [1.165, 1.54) is 0 Å². The quantitative estimate of drug-likeness (QED) is 0.572. The Morgan fingerprint density at radius 3 is 2.90 bits per heavy atom. The van der Waals surface area contributed by atoms with Crippen LogP contribution in [-0.4, -0.2) is 19.5 Å². The molecule has 9 nitrogen and oxygen atoms in total. The summed E-state index contributed by atoms with van der Waals surface area (Å²) < 4.78 is 6.40. The van der Waals surface area contributed by atoms with Gasteiger partial charge in [-0.25, -0.2) is 0 Å². The van der Waals surface area contributed by atoms with E-state index in [1.807, 2.05) is 6.92 Å². The zero-order valence-electron chi connectivity index (χ0n) is 10.8. The molecule has 0 amide bonds. The minimum atomic E-state index is -0.910. The van der Waals surface area contributed by atoms with Crippen LogP contribution < -0.4 is 11.3 Å². The summed E-state index contributed by atoms with van der Waals surface area (Å²) in [4.78, 5) is 26.0. The molecule has 0 fully saturated rings. The number of rotatable bonds is 3. The number of nitro groups is 1. The van der Waals surface area contributed by atoms with Crippen LogP contribution in [-0.2, 0) is 6.42 Å². The average molecular weight is 307 g/mol. The summed E-state index contributed by atoms with van der Waals surface area (Å²) in [7, 11) is 0. The van der Waals surface area contributed by atoms with Gasteiger partial charge in [0.1, 0.15) is 5.76 Å². The summed E-state index contributed by atoms with van der Waals surface area (Å²) in [5, 5.41) is 15.3. The van der Waals surface area contributed by atoms with E-state index in [0.29, 0.717) is 10.8 Å². The molecule has 0 radical (unpaired) electrons. The lowest BCUT2D eigenvalue weighted by atomic mass is 10.4. The second-order valence-electron chi connectivity index (χ2n) is 4.13. The van der Waals surface area contributed by atoms with Crippen LogP contribution in [0.5, 0.6) is 0 Å². The highest BCUT2D eigenvalue weighted by Crippen LogP contribution is 2.27. The molecule has 21 heavy (non-hydrogen) atoms. The molecule has 0 unspecified atom stereocenters. The lowest BCUT2D eigenvalue weighted by molar-refractivity contribution is -0.385. The van der Waals surface area contributed by atoms with Crippen LogP contribution in [0.1, 0.15) is 12.7 Å². The first-order valence-corrected chi connectivity index (χ1v) is 6.75. The number of nitrogens with zero attached hydrogens (tertiary/aromatic N) is 4. The second-order valence-corrected chi connectivity index (χ2v) is 5.08. The first kappa shape index (κ1) is 13.2. The number of nitrogens with two attached hydrogens (primary N) is 1. The van der Waals surface area contributed by atoms with Gasteiger partial charge in [0.2, 0.25) is 10.8 Å². The molecule has 0 saturated carbocycles. The molecule has 108 valence electrons. The largest absolute Gasteiger partial charge is 0.459 e. The van der Waals surface area contributed by atoms with Gasteiger partial charge in [-0.1, -0.05) is 18.3 Å². The van der Waals surface area contributed by atoms with Gasteiger partial charge in [0.15, 0.2) is 10.8 Å². The summed E-state index contributed by atoms with van der Waals surface area (Å²) in [6, 6.07) is 3.52. The highest BCUT2D eigenvalue weighted by molar-refractivity contribution is 7.19. The maximum absolute atomic E-state index is 12.0. The minimum Gasteiger partial charge on any atom is -0.459 e. The Morgan fingerprint density at radius 2 is 2.29 bits per heavy atom. The summed E-state index contributed by atoms with van der Waals surface area (Å²) in [6.45, 7) is 1.94. The van der Waals surface area contributed by atoms with Crippen molar-refractivity contribution in [2.75, 3.05) is 5.73 Å². The number of aromatic nitrogens is 3. The molecule has 3 aromatic heterocycles. The molecule has 3 heterocycles. The Morgan fingerprint density at radius 1 is 1.52 bits per heavy atom. The standard InChI is InChI=1S/C11H9N5O4S/c1-2-5-3-4-6(20-5)9-14-15-10(17)7(16(18)19)8(12)13-11(15)21-9/h3-4H,2,12H2,1H3. The van der Waals surface area contributed by atoms with Crippen molar-refractivity contribution in [3.05, 3.63) is 38.4 Å². The van der Waals surface area contributed by atoms with E-state index < -0.39 is 22.0 Å². The Labute approximate surface area is 120 Å². The fourth-order valence-electron chi connectivity index (χ4n) is 1.81. The SMILES string of the molecule is CCc1ccc(-c2nn3c(=O)c([N+](=O)[O-])c(N)nc3s2)o1. The number of fused-ring (bicyclic) bond motifs is 1. The molecule has 3 rings (SSSR count). The number of nitrogen functional groups attached to an aromatic ring is 1. The van der Waals surface area contributed by atoms with Crippen molar-refractivity contribution in [2.45, 2.75) is 13.3 Å². The third-order valence-corrected chi connectivity index (χ3v) is 3.74. The van der Waals surface area contributed by atoms with Gasteiger partial charge < -0.3 is 10.2 Å². The normalized spacial score (nSPS) is 11.1. The molecule has 3 aromatic rings. The number of anilines is 1. The topological polar surface area (TPSA) is 130 Å². The Balaban J connectivity index is 2.23. The highest BCUT2D eigenvalue weighted by atomic mass is 32.1. The summed E-state index contributed by atoms with van der Waals surface area (Å²) in [5.74, 6) is 0.826. The molecule has 0 bridgehead atoms. The van der Waals surface area contributed by atoms with Crippen LogP contribution in [0.15, 0.2) is 21.3 Å². The fourth-order valence-corrected chi connectivity index (χ4v) is 2.67. The molecule has 2 N–H and O–H groups in total. The zero-order valence-corrected chi connectivity index (χ0v) is 11.6. The van der Waals surface area contributed by atoms with Gasteiger partial charge in [-0.3, -0.25) is 14.9 Å². The molecule has 0 aliphatic heterocycles. The Kier molecular flexibility index (Phi) is 2.94. The number of aryl methyl sites for hydroxylation is 1. The molecule has 0 saturated heterocycles. The molecular weight excluding hydrogens is 298 g/mol. The molecule has 0 atom stereocenters. The van der Waals surface area contributed by atoms with Crippen molar-refractivity contribution in [1.29, 1.82) is 0 Å². The molecule has 0 aliphatic rings. The van der Waals surface area contributed by atoms with Crippen molar-refractivity contribution in [3.8, 4) is 10.8 Å². The van der Waals surface area contributed by atoms with Crippen LogP contribution in [0.2, 0.25) is 0 Å². The average Bonchev–Trinajstić information content (AvgIpc) is 3.03. The molecular formula is C11H9N5O4S. The van der Waals surface area contributed by atoms with Gasteiger partial charge in [-0.15, -0.1) is 5.10 Å². The van der Waals surface area contributed by atoms with E-state index in [4.69, 9.17) is 10.2 Å². The number of hydrogen-bond acceptors (Lipinski definition) is 8. The third kappa shape index (κ3) is 2.05. The highest BCUT2D eigenvalue weighted by Gasteiger charge is 2.24. The van der Waals surface area contributed by atoms with Crippen LogP contribution in [0.4, 0.5) is 11.5 Å². The van der Waals surface area contributed by atoms with Gasteiger partial charge in [0, 0.05) is 6.42 Å². The Hall–Kier alpha value is -2.75. The van der Waals surface area contributed by atoms with E-state index in [-0.39, 0.29) is 4.96 Å². The predicted octanol–water partition coefficient (Wildman–Crippen LogP) is 1.46. The lowest BCUT2D eigenvalue weighted by Crippen LogP contribution is -2.20. The van der Waals surface area contributed by atoms with E-state index >= 15 is 0 Å². The Bertz CT molecular complexity index is 909. The fraction of sp³-hybridized carbons (Fsp3) is 0.182. The zero-order chi connectivity index (χ0) is 15.1. The van der Waals surface area contributed by atoms with Crippen molar-refractivity contribution >= 4 is 27.8 Å². The van der Waals surface area contributed by atoms with Crippen LogP contribution in [0.25, 0.3) is 15.7 Å². The second kappa shape index (κ2) is 4.66. The third-order valence-electron chi connectivity index (χ3n) is 2.82. The van der Waals surface area contributed by atoms with Gasteiger partial charge in [-0.05, 0) is 12.1 Å². The van der Waals surface area contributed by atoms with Crippen molar-refractivity contribution in [2.24, 2.45) is 0 Å². The van der Waals surface area contributed by atoms with Crippen molar-refractivity contribution in [3.63, 3.8) is 0 Å². The first-order chi connectivity index (χ1) is 10.0. The number of furan rings is 1.